The number of halogens is 5. The summed E-state index contributed by atoms with van der Waals surface area (Å²) >= 11 is 0. The summed E-state index contributed by atoms with van der Waals surface area (Å²) in [5.41, 5.74) is 0.280. The van der Waals surface area contributed by atoms with E-state index in [1.807, 2.05) is 12.1 Å². The van der Waals surface area contributed by atoms with Crippen LogP contribution in [0, 0.1) is 29.1 Å². The van der Waals surface area contributed by atoms with E-state index in [2.05, 4.69) is 6.92 Å². The van der Waals surface area contributed by atoms with Crippen LogP contribution in [0.5, 0.6) is 0 Å². The van der Waals surface area contributed by atoms with Crippen molar-refractivity contribution < 1.29 is 31.5 Å². The van der Waals surface area contributed by atoms with E-state index in [0.29, 0.717) is 5.56 Å². The highest BCUT2D eigenvalue weighted by molar-refractivity contribution is 5.85. The van der Waals surface area contributed by atoms with E-state index >= 15 is 0 Å². The molecule has 2 aromatic rings. The number of nitrogens with one attached hydrogen (secondary N) is 1. The Bertz CT molecular complexity index is 780. The molecule has 0 radical (unpaired) electrons. The van der Waals surface area contributed by atoms with E-state index in [4.69, 9.17) is 4.74 Å². The lowest BCUT2D eigenvalue weighted by Gasteiger charge is -2.10. The maximum Gasteiger partial charge on any atom is 0.412 e. The molecule has 0 bridgehead atoms. The second-order valence-corrected chi connectivity index (χ2v) is 5.92. The number of unbranched alkanes of at least 4 members (excludes halogenated alkanes) is 2. The SMILES string of the molecule is CCCCCc1ccc(COC(=O)Nc2c(F)c(F)c(F)c(F)c2F)cc1. The standard InChI is InChI=1S/C19H18F5NO2/c1-2-3-4-5-11-6-8-12(9-7-11)10-27-19(26)25-18-16(23)14(21)13(20)15(22)17(18)24/h6-9H,2-5,10H2,1H3,(H,25,26). The summed E-state index contributed by atoms with van der Waals surface area (Å²) < 4.78 is 70.9. The summed E-state index contributed by atoms with van der Waals surface area (Å²) in [6.45, 7) is 1.88. The van der Waals surface area contributed by atoms with Crippen molar-refractivity contribution in [2.45, 2.75) is 39.2 Å². The number of aryl methyl sites for hydroxylation is 1. The van der Waals surface area contributed by atoms with Gasteiger partial charge in [0.05, 0.1) is 0 Å². The molecule has 0 saturated carbocycles. The first-order chi connectivity index (χ1) is 12.8. The Morgan fingerprint density at radius 2 is 1.37 bits per heavy atom. The van der Waals surface area contributed by atoms with Gasteiger partial charge in [0.1, 0.15) is 12.3 Å². The third kappa shape index (κ3) is 5.18. The fourth-order valence-electron chi connectivity index (χ4n) is 2.38. The zero-order chi connectivity index (χ0) is 20.0. The Morgan fingerprint density at radius 3 is 1.93 bits per heavy atom. The maximum absolute atomic E-state index is 13.5. The normalized spacial score (nSPS) is 10.7. The fraction of sp³-hybridized carbons (Fsp3) is 0.316. The van der Waals surface area contributed by atoms with Gasteiger partial charge in [0, 0.05) is 0 Å². The summed E-state index contributed by atoms with van der Waals surface area (Å²) in [5, 5.41) is 1.55. The highest BCUT2D eigenvalue weighted by atomic mass is 19.2. The van der Waals surface area contributed by atoms with E-state index in [1.54, 1.807) is 17.4 Å². The minimum atomic E-state index is -2.30. The number of carbonyl (C=O) groups is 1. The van der Waals surface area contributed by atoms with Crippen LogP contribution in [0.25, 0.3) is 0 Å². The van der Waals surface area contributed by atoms with Crippen LogP contribution in [0.3, 0.4) is 0 Å². The molecule has 1 amide bonds. The number of amides is 1. The number of hydrogen-bond acceptors (Lipinski definition) is 2. The predicted molar refractivity (Wildman–Crippen MR) is 89.7 cm³/mol. The number of anilines is 1. The molecule has 0 unspecified atom stereocenters. The van der Waals surface area contributed by atoms with Crippen LogP contribution in [0.2, 0.25) is 0 Å². The molecular formula is C19H18F5NO2. The molecule has 3 nitrogen and oxygen atoms in total. The van der Waals surface area contributed by atoms with Crippen LogP contribution in [-0.4, -0.2) is 6.09 Å². The molecule has 2 aromatic carbocycles. The molecule has 146 valence electrons. The highest BCUT2D eigenvalue weighted by Crippen LogP contribution is 2.27. The van der Waals surface area contributed by atoms with Crippen molar-refractivity contribution in [3.05, 3.63) is 64.5 Å². The molecule has 0 saturated heterocycles. The molecule has 0 heterocycles. The van der Waals surface area contributed by atoms with Crippen LogP contribution in [-0.2, 0) is 17.8 Å². The first kappa shape index (κ1) is 20.7. The van der Waals surface area contributed by atoms with Crippen molar-refractivity contribution in [2.75, 3.05) is 5.32 Å². The average molecular weight is 387 g/mol. The summed E-state index contributed by atoms with van der Waals surface area (Å²) in [6.07, 6.45) is 2.89. The number of rotatable bonds is 7. The smallest absolute Gasteiger partial charge is 0.412 e. The van der Waals surface area contributed by atoms with Gasteiger partial charge in [-0.05, 0) is 24.0 Å². The predicted octanol–water partition coefficient (Wildman–Crippen LogP) is 5.86. The lowest BCUT2D eigenvalue weighted by Crippen LogP contribution is -2.18. The third-order valence-corrected chi connectivity index (χ3v) is 3.90. The summed E-state index contributed by atoms with van der Waals surface area (Å²) in [6, 6.07) is 7.20. The Morgan fingerprint density at radius 1 is 0.852 bits per heavy atom. The van der Waals surface area contributed by atoms with Gasteiger partial charge in [-0.3, -0.25) is 5.32 Å². The molecule has 27 heavy (non-hydrogen) atoms. The molecule has 0 fully saturated rings. The molecule has 0 aliphatic rings. The topological polar surface area (TPSA) is 38.3 Å². The van der Waals surface area contributed by atoms with Gasteiger partial charge >= 0.3 is 6.09 Å². The van der Waals surface area contributed by atoms with Gasteiger partial charge in [0.15, 0.2) is 23.3 Å². The Kier molecular flexibility index (Phi) is 7.15. The van der Waals surface area contributed by atoms with E-state index in [9.17, 15) is 26.7 Å². The first-order valence-corrected chi connectivity index (χ1v) is 8.38. The van der Waals surface area contributed by atoms with Crippen LogP contribution in [0.4, 0.5) is 32.4 Å². The van der Waals surface area contributed by atoms with Crippen LogP contribution in [0.15, 0.2) is 24.3 Å². The third-order valence-electron chi connectivity index (χ3n) is 3.90. The van der Waals surface area contributed by atoms with E-state index in [1.165, 1.54) is 0 Å². The van der Waals surface area contributed by atoms with E-state index < -0.39 is 40.9 Å². The zero-order valence-electron chi connectivity index (χ0n) is 14.6. The van der Waals surface area contributed by atoms with Gasteiger partial charge in [0.2, 0.25) is 5.82 Å². The van der Waals surface area contributed by atoms with Gasteiger partial charge in [0.25, 0.3) is 0 Å². The zero-order valence-corrected chi connectivity index (χ0v) is 14.6. The molecule has 0 aliphatic carbocycles. The second kappa shape index (κ2) is 9.34. The van der Waals surface area contributed by atoms with E-state index in [0.717, 1.165) is 31.2 Å². The molecule has 0 atom stereocenters. The molecule has 0 aliphatic heterocycles. The Balaban J connectivity index is 1.95. The monoisotopic (exact) mass is 387 g/mol. The lowest BCUT2D eigenvalue weighted by atomic mass is 10.1. The van der Waals surface area contributed by atoms with Crippen molar-refractivity contribution >= 4 is 11.8 Å². The number of carbonyl (C=O) groups excluding carboxylic acids is 1. The summed E-state index contributed by atoms with van der Waals surface area (Å²) in [5.74, 6) is -10.9. The Hall–Kier alpha value is -2.64. The van der Waals surface area contributed by atoms with E-state index in [-0.39, 0.29) is 6.61 Å². The largest absolute Gasteiger partial charge is 0.444 e. The second-order valence-electron chi connectivity index (χ2n) is 5.92. The number of benzene rings is 2. The molecular weight excluding hydrogens is 369 g/mol. The van der Waals surface area contributed by atoms with Gasteiger partial charge in [-0.15, -0.1) is 0 Å². The van der Waals surface area contributed by atoms with Crippen molar-refractivity contribution in [3.8, 4) is 0 Å². The quantitative estimate of drug-likeness (QED) is 0.280. The van der Waals surface area contributed by atoms with Crippen LogP contribution < -0.4 is 5.32 Å². The van der Waals surface area contributed by atoms with Crippen LogP contribution >= 0.6 is 0 Å². The average Bonchev–Trinajstić information content (AvgIpc) is 2.68. The molecule has 8 heteroatoms. The number of ether oxygens (including phenoxy) is 1. The van der Waals surface area contributed by atoms with Gasteiger partial charge < -0.3 is 4.74 Å². The minimum absolute atomic E-state index is 0.226. The first-order valence-electron chi connectivity index (χ1n) is 8.38. The van der Waals surface area contributed by atoms with Crippen molar-refractivity contribution in [3.63, 3.8) is 0 Å². The van der Waals surface area contributed by atoms with Gasteiger partial charge in [-0.2, -0.15) is 0 Å². The molecule has 0 spiro atoms. The lowest BCUT2D eigenvalue weighted by molar-refractivity contribution is 0.154. The van der Waals surface area contributed by atoms with Crippen LogP contribution in [0.1, 0.15) is 37.3 Å². The number of hydrogen-bond donors (Lipinski definition) is 1. The van der Waals surface area contributed by atoms with Gasteiger partial charge in [-0.1, -0.05) is 44.0 Å². The minimum Gasteiger partial charge on any atom is -0.444 e. The summed E-state index contributed by atoms with van der Waals surface area (Å²) in [7, 11) is 0. The van der Waals surface area contributed by atoms with Gasteiger partial charge in [-0.25, -0.2) is 26.7 Å². The molecule has 2 rings (SSSR count). The molecule has 1 N–H and O–H groups in total. The Labute approximate surface area is 153 Å². The molecule has 0 aromatic heterocycles. The summed E-state index contributed by atoms with van der Waals surface area (Å²) in [4.78, 5) is 11.6. The fourth-order valence-corrected chi connectivity index (χ4v) is 2.38. The van der Waals surface area contributed by atoms with Crippen molar-refractivity contribution in [2.24, 2.45) is 0 Å². The highest BCUT2D eigenvalue weighted by Gasteiger charge is 2.27. The maximum atomic E-state index is 13.5. The van der Waals surface area contributed by atoms with Crippen molar-refractivity contribution in [1.82, 2.24) is 0 Å². The van der Waals surface area contributed by atoms with Crippen molar-refractivity contribution in [1.29, 1.82) is 0 Å².